The van der Waals surface area contributed by atoms with Gasteiger partial charge in [-0.1, -0.05) is 12.8 Å². The number of fused-ring (bicyclic) bond motifs is 1. The Morgan fingerprint density at radius 3 is 2.81 bits per heavy atom. The summed E-state index contributed by atoms with van der Waals surface area (Å²) in [5, 5.41) is 24.7. The maximum Gasteiger partial charge on any atom is 0.270 e. The zero-order valence-electron chi connectivity index (χ0n) is 11.5. The van der Waals surface area contributed by atoms with E-state index in [-0.39, 0.29) is 17.8 Å². The second-order valence-corrected chi connectivity index (χ2v) is 5.43. The van der Waals surface area contributed by atoms with Gasteiger partial charge in [-0.3, -0.25) is 10.1 Å². The normalized spacial score (nSPS) is 22.1. The molecule has 0 radical (unpaired) electrons. The first-order valence-corrected chi connectivity index (χ1v) is 7.13. The van der Waals surface area contributed by atoms with E-state index >= 15 is 0 Å². The molecule has 1 aromatic carbocycles. The Kier molecular flexibility index (Phi) is 3.70. The number of hydrogen-bond donors (Lipinski definition) is 2. The summed E-state index contributed by atoms with van der Waals surface area (Å²) in [6, 6.07) is 8.26. The van der Waals surface area contributed by atoms with E-state index in [4.69, 9.17) is 0 Å². The Balaban J connectivity index is 1.84. The van der Waals surface area contributed by atoms with Crippen LogP contribution in [0.4, 0.5) is 11.5 Å². The molecule has 0 aliphatic heterocycles. The average Bonchev–Trinajstić information content (AvgIpc) is 2.49. The van der Waals surface area contributed by atoms with E-state index in [9.17, 15) is 15.2 Å². The summed E-state index contributed by atoms with van der Waals surface area (Å²) in [6.07, 6.45) is 3.58. The summed E-state index contributed by atoms with van der Waals surface area (Å²) in [5.74, 6) is 0.697. The molecule has 1 aliphatic carbocycles. The zero-order valence-corrected chi connectivity index (χ0v) is 11.5. The fraction of sp³-hybridized carbons (Fsp3) is 0.400. The van der Waals surface area contributed by atoms with Crippen LogP contribution in [0.5, 0.6) is 0 Å². The molecule has 1 saturated carbocycles. The van der Waals surface area contributed by atoms with Crippen LogP contribution in [0.3, 0.4) is 0 Å². The quantitative estimate of drug-likeness (QED) is 0.669. The van der Waals surface area contributed by atoms with Crippen LogP contribution in [-0.2, 0) is 0 Å². The van der Waals surface area contributed by atoms with Crippen LogP contribution in [0.1, 0.15) is 25.7 Å². The highest BCUT2D eigenvalue weighted by atomic mass is 16.6. The molecule has 0 bridgehead atoms. The number of nitrogens with zero attached hydrogens (tertiary/aromatic N) is 2. The number of non-ortho nitro benzene ring substituents is 1. The molecule has 6 nitrogen and oxygen atoms in total. The molecule has 0 saturated heterocycles. The largest absolute Gasteiger partial charge is 0.391 e. The third-order valence-electron chi connectivity index (χ3n) is 3.95. The van der Waals surface area contributed by atoms with Crippen molar-refractivity contribution in [2.75, 3.05) is 5.32 Å². The number of aliphatic hydroxyl groups excluding tert-OH is 1. The third kappa shape index (κ3) is 2.95. The van der Waals surface area contributed by atoms with Gasteiger partial charge < -0.3 is 10.4 Å². The average molecular weight is 287 g/mol. The van der Waals surface area contributed by atoms with Crippen molar-refractivity contribution in [2.45, 2.75) is 37.8 Å². The Bertz CT molecular complexity index is 674. The molecule has 2 unspecified atom stereocenters. The Morgan fingerprint density at radius 1 is 1.24 bits per heavy atom. The standard InChI is InChI=1S/C15H17N3O3/c19-14-4-2-1-3-13(14)17-15-8-5-10-9-11(18(20)21)6-7-12(10)16-15/h5-9,13-14,19H,1-4H2,(H,16,17). The third-order valence-corrected chi connectivity index (χ3v) is 3.95. The molecule has 6 heteroatoms. The lowest BCUT2D eigenvalue weighted by Crippen LogP contribution is -2.36. The Labute approximate surface area is 122 Å². The number of aliphatic hydroxyl groups is 1. The van der Waals surface area contributed by atoms with E-state index in [1.807, 2.05) is 6.07 Å². The number of pyridine rings is 1. The minimum atomic E-state index is -0.413. The van der Waals surface area contributed by atoms with Gasteiger partial charge in [0.15, 0.2) is 0 Å². The van der Waals surface area contributed by atoms with Crippen LogP contribution in [0, 0.1) is 10.1 Å². The maximum absolute atomic E-state index is 10.8. The summed E-state index contributed by atoms with van der Waals surface area (Å²) < 4.78 is 0. The van der Waals surface area contributed by atoms with Crippen molar-refractivity contribution in [1.29, 1.82) is 0 Å². The van der Waals surface area contributed by atoms with Gasteiger partial charge in [-0.25, -0.2) is 4.98 Å². The minimum Gasteiger partial charge on any atom is -0.391 e. The van der Waals surface area contributed by atoms with Gasteiger partial charge in [-0.2, -0.15) is 0 Å². The minimum absolute atomic E-state index is 0.0294. The van der Waals surface area contributed by atoms with Crippen molar-refractivity contribution < 1.29 is 10.0 Å². The van der Waals surface area contributed by atoms with Crippen LogP contribution in [0.25, 0.3) is 10.9 Å². The first-order valence-electron chi connectivity index (χ1n) is 7.13. The van der Waals surface area contributed by atoms with E-state index in [1.165, 1.54) is 12.1 Å². The highest BCUT2D eigenvalue weighted by Crippen LogP contribution is 2.24. The van der Waals surface area contributed by atoms with Crippen molar-refractivity contribution >= 4 is 22.4 Å². The second kappa shape index (κ2) is 5.65. The Morgan fingerprint density at radius 2 is 2.05 bits per heavy atom. The van der Waals surface area contributed by atoms with Gasteiger partial charge in [0, 0.05) is 17.5 Å². The maximum atomic E-state index is 10.8. The molecular formula is C15H17N3O3. The summed E-state index contributed by atoms with van der Waals surface area (Å²) in [4.78, 5) is 14.8. The van der Waals surface area contributed by atoms with Crippen LogP contribution in [0.2, 0.25) is 0 Å². The topological polar surface area (TPSA) is 88.3 Å². The number of nitro benzene ring substituents is 1. The smallest absolute Gasteiger partial charge is 0.270 e. The van der Waals surface area contributed by atoms with E-state index in [1.54, 1.807) is 12.1 Å². The second-order valence-electron chi connectivity index (χ2n) is 5.43. The van der Waals surface area contributed by atoms with Crippen LogP contribution in [0.15, 0.2) is 30.3 Å². The lowest BCUT2D eigenvalue weighted by atomic mass is 9.92. The van der Waals surface area contributed by atoms with Crippen LogP contribution in [-0.4, -0.2) is 27.2 Å². The number of aromatic nitrogens is 1. The number of nitrogens with one attached hydrogen (secondary N) is 1. The molecule has 1 fully saturated rings. The molecule has 2 aromatic rings. The van der Waals surface area contributed by atoms with E-state index in [0.29, 0.717) is 11.3 Å². The van der Waals surface area contributed by atoms with Gasteiger partial charge in [-0.15, -0.1) is 0 Å². The van der Waals surface area contributed by atoms with Gasteiger partial charge in [0.2, 0.25) is 0 Å². The van der Waals surface area contributed by atoms with E-state index in [2.05, 4.69) is 10.3 Å². The number of rotatable bonds is 3. The lowest BCUT2D eigenvalue weighted by molar-refractivity contribution is -0.384. The SMILES string of the molecule is O=[N+]([O-])c1ccc2nc(NC3CCCCC3O)ccc2c1. The van der Waals surface area contributed by atoms with E-state index in [0.717, 1.165) is 31.1 Å². The van der Waals surface area contributed by atoms with E-state index < -0.39 is 4.92 Å². The zero-order chi connectivity index (χ0) is 14.8. The molecule has 21 heavy (non-hydrogen) atoms. The molecule has 0 amide bonds. The molecule has 1 aromatic heterocycles. The lowest BCUT2D eigenvalue weighted by Gasteiger charge is -2.28. The van der Waals surface area contributed by atoms with Gasteiger partial charge in [-0.05, 0) is 31.0 Å². The summed E-state index contributed by atoms with van der Waals surface area (Å²) >= 11 is 0. The summed E-state index contributed by atoms with van der Waals surface area (Å²) in [6.45, 7) is 0. The molecule has 1 heterocycles. The molecule has 110 valence electrons. The number of anilines is 1. The number of nitro groups is 1. The van der Waals surface area contributed by atoms with Gasteiger partial charge in [0.05, 0.1) is 22.6 Å². The monoisotopic (exact) mass is 287 g/mol. The van der Waals surface area contributed by atoms with Crippen molar-refractivity contribution in [3.63, 3.8) is 0 Å². The predicted molar refractivity (Wildman–Crippen MR) is 80.3 cm³/mol. The van der Waals surface area contributed by atoms with Gasteiger partial charge in [0.25, 0.3) is 5.69 Å². The molecule has 0 spiro atoms. The number of hydrogen-bond acceptors (Lipinski definition) is 5. The fourth-order valence-corrected chi connectivity index (χ4v) is 2.78. The molecule has 2 N–H and O–H groups in total. The Hall–Kier alpha value is -2.21. The van der Waals surface area contributed by atoms with Crippen LogP contribution >= 0.6 is 0 Å². The molecule has 1 aliphatic rings. The number of benzene rings is 1. The van der Waals surface area contributed by atoms with Crippen molar-refractivity contribution in [3.05, 3.63) is 40.4 Å². The van der Waals surface area contributed by atoms with Crippen LogP contribution < -0.4 is 5.32 Å². The molecular weight excluding hydrogens is 270 g/mol. The van der Waals surface area contributed by atoms with Gasteiger partial charge in [0.1, 0.15) is 5.82 Å². The summed E-state index contributed by atoms with van der Waals surface area (Å²) in [7, 11) is 0. The first kappa shape index (κ1) is 13.8. The van der Waals surface area contributed by atoms with Gasteiger partial charge >= 0.3 is 0 Å². The van der Waals surface area contributed by atoms with Crippen molar-refractivity contribution in [2.24, 2.45) is 0 Å². The molecule has 2 atom stereocenters. The van der Waals surface area contributed by atoms with Crippen molar-refractivity contribution in [3.8, 4) is 0 Å². The molecule has 3 rings (SSSR count). The predicted octanol–water partition coefficient (Wildman–Crippen LogP) is 2.86. The first-order chi connectivity index (χ1) is 10.1. The highest BCUT2D eigenvalue weighted by molar-refractivity contribution is 5.82. The van der Waals surface area contributed by atoms with Crippen molar-refractivity contribution in [1.82, 2.24) is 4.98 Å². The fourth-order valence-electron chi connectivity index (χ4n) is 2.78. The summed E-state index contributed by atoms with van der Waals surface area (Å²) in [5.41, 5.74) is 0.767. The highest BCUT2D eigenvalue weighted by Gasteiger charge is 2.23.